The molecule has 1 amide bonds. The second kappa shape index (κ2) is 5.99. The van der Waals surface area contributed by atoms with Gasteiger partial charge in [-0.25, -0.2) is 0 Å². The zero-order valence-electron chi connectivity index (χ0n) is 13.0. The molecule has 0 saturated carbocycles. The van der Waals surface area contributed by atoms with E-state index in [0.717, 1.165) is 29.0 Å². The second-order valence-electron chi connectivity index (χ2n) is 5.80. The summed E-state index contributed by atoms with van der Waals surface area (Å²) in [5.74, 6) is 2.50. The highest BCUT2D eigenvalue weighted by Crippen LogP contribution is 2.39. The number of carbonyl (C=O) groups is 1. The van der Waals surface area contributed by atoms with E-state index in [0.29, 0.717) is 0 Å². The fourth-order valence-corrected chi connectivity index (χ4v) is 4.23. The van der Waals surface area contributed by atoms with Crippen molar-refractivity contribution in [1.29, 1.82) is 0 Å². The quantitative estimate of drug-likeness (QED) is 0.676. The van der Waals surface area contributed by atoms with E-state index in [1.54, 1.807) is 17.4 Å². The first-order chi connectivity index (χ1) is 11.7. The van der Waals surface area contributed by atoms with Gasteiger partial charge in [0.1, 0.15) is 0 Å². The first-order valence-corrected chi connectivity index (χ1v) is 8.65. The number of carbonyl (C=O) groups excluding carboxylic acids is 1. The van der Waals surface area contributed by atoms with Crippen molar-refractivity contribution in [1.82, 2.24) is 0 Å². The molecular weight excluding hydrogens is 314 g/mol. The minimum atomic E-state index is -0.0824. The number of nitrogens with one attached hydrogen (secondary N) is 1. The zero-order valence-corrected chi connectivity index (χ0v) is 13.8. The number of fused-ring (bicyclic) bond motifs is 3. The highest BCUT2D eigenvalue weighted by atomic mass is 32.1. The molecule has 0 aliphatic heterocycles. The number of aryl methyl sites for hydroxylation is 2. The number of benzene rings is 2. The first kappa shape index (κ1) is 14.7. The molecule has 0 saturated heterocycles. The average Bonchev–Trinajstić information content (AvgIpc) is 3.07. The number of thiophene rings is 1. The number of hydrogen-bond donors (Lipinski definition) is 1. The molecule has 0 unspecified atom stereocenters. The minimum absolute atomic E-state index is 0.0824. The Bertz CT molecular complexity index is 977. The van der Waals surface area contributed by atoms with Gasteiger partial charge in [-0.1, -0.05) is 36.3 Å². The Balaban J connectivity index is 1.63. The Morgan fingerprint density at radius 2 is 1.88 bits per heavy atom. The van der Waals surface area contributed by atoms with E-state index in [4.69, 9.17) is 6.42 Å². The van der Waals surface area contributed by atoms with Crippen LogP contribution in [0.3, 0.4) is 0 Å². The van der Waals surface area contributed by atoms with Gasteiger partial charge < -0.3 is 5.32 Å². The third-order valence-corrected chi connectivity index (χ3v) is 5.45. The Morgan fingerprint density at radius 1 is 1.04 bits per heavy atom. The fraction of sp³-hybridized carbons (Fsp3) is 0.0952. The van der Waals surface area contributed by atoms with Gasteiger partial charge in [-0.3, -0.25) is 4.79 Å². The van der Waals surface area contributed by atoms with E-state index in [1.807, 2.05) is 24.3 Å². The largest absolute Gasteiger partial charge is 0.321 e. The van der Waals surface area contributed by atoms with Crippen LogP contribution in [-0.2, 0) is 12.8 Å². The Labute approximate surface area is 145 Å². The molecule has 0 radical (unpaired) electrons. The zero-order chi connectivity index (χ0) is 16.5. The topological polar surface area (TPSA) is 29.1 Å². The van der Waals surface area contributed by atoms with Crippen LogP contribution in [0.4, 0.5) is 5.69 Å². The van der Waals surface area contributed by atoms with Gasteiger partial charge in [-0.15, -0.1) is 17.8 Å². The molecule has 0 fully saturated rings. The van der Waals surface area contributed by atoms with Crippen molar-refractivity contribution < 1.29 is 4.79 Å². The van der Waals surface area contributed by atoms with E-state index < -0.39 is 0 Å². The predicted octanol–water partition coefficient (Wildman–Crippen LogP) is 4.75. The lowest BCUT2D eigenvalue weighted by atomic mass is 9.91. The molecule has 0 atom stereocenters. The van der Waals surface area contributed by atoms with Crippen LogP contribution in [0, 0.1) is 12.3 Å². The Morgan fingerprint density at radius 3 is 2.75 bits per heavy atom. The molecule has 1 aliphatic carbocycles. The molecule has 1 heterocycles. The summed E-state index contributed by atoms with van der Waals surface area (Å²) in [7, 11) is 0. The van der Waals surface area contributed by atoms with Gasteiger partial charge in [-0.05, 0) is 53.8 Å². The van der Waals surface area contributed by atoms with E-state index in [-0.39, 0.29) is 5.91 Å². The van der Waals surface area contributed by atoms with Crippen LogP contribution >= 0.6 is 11.3 Å². The summed E-state index contributed by atoms with van der Waals surface area (Å²) in [5.41, 5.74) is 5.37. The van der Waals surface area contributed by atoms with E-state index in [2.05, 4.69) is 35.5 Å². The minimum Gasteiger partial charge on any atom is -0.321 e. The summed E-state index contributed by atoms with van der Waals surface area (Å²) in [6.45, 7) is 0. The van der Waals surface area contributed by atoms with Crippen molar-refractivity contribution in [2.45, 2.75) is 12.8 Å². The maximum atomic E-state index is 12.6. The smallest absolute Gasteiger partial charge is 0.265 e. The van der Waals surface area contributed by atoms with Crippen LogP contribution in [0.2, 0.25) is 0 Å². The number of amides is 1. The van der Waals surface area contributed by atoms with E-state index >= 15 is 0 Å². The third-order valence-electron chi connectivity index (χ3n) is 4.25. The number of terminal acetylenes is 1. The number of rotatable bonds is 2. The summed E-state index contributed by atoms with van der Waals surface area (Å²) in [6, 6.07) is 17.8. The molecule has 0 spiro atoms. The molecule has 116 valence electrons. The molecule has 1 aromatic heterocycles. The predicted molar refractivity (Wildman–Crippen MR) is 99.5 cm³/mol. The number of anilines is 1. The normalized spacial score (nSPS) is 12.0. The van der Waals surface area contributed by atoms with Gasteiger partial charge in [0, 0.05) is 16.1 Å². The van der Waals surface area contributed by atoms with Gasteiger partial charge in [0.2, 0.25) is 0 Å². The van der Waals surface area contributed by atoms with Crippen molar-refractivity contribution in [3.05, 3.63) is 76.2 Å². The molecule has 24 heavy (non-hydrogen) atoms. The van der Waals surface area contributed by atoms with Crippen LogP contribution in [-0.4, -0.2) is 5.91 Å². The first-order valence-electron chi connectivity index (χ1n) is 7.83. The highest BCUT2D eigenvalue weighted by molar-refractivity contribution is 7.17. The van der Waals surface area contributed by atoms with Crippen molar-refractivity contribution in [2.24, 2.45) is 0 Å². The average molecular weight is 329 g/mol. The summed E-state index contributed by atoms with van der Waals surface area (Å²) in [5, 5.41) is 2.94. The van der Waals surface area contributed by atoms with Gasteiger partial charge in [0.05, 0.1) is 4.88 Å². The van der Waals surface area contributed by atoms with Crippen molar-refractivity contribution >= 4 is 22.9 Å². The van der Waals surface area contributed by atoms with Crippen LogP contribution < -0.4 is 5.32 Å². The van der Waals surface area contributed by atoms with Crippen LogP contribution in [0.5, 0.6) is 0 Å². The molecule has 2 nitrogen and oxygen atoms in total. The maximum Gasteiger partial charge on any atom is 0.265 e. The lowest BCUT2D eigenvalue weighted by Gasteiger charge is -2.15. The van der Waals surface area contributed by atoms with Crippen LogP contribution in [0.15, 0.2) is 54.6 Å². The lowest BCUT2D eigenvalue weighted by molar-refractivity contribution is 0.103. The molecule has 1 aliphatic rings. The summed E-state index contributed by atoms with van der Waals surface area (Å²) in [6.07, 6.45) is 7.43. The Kier molecular flexibility index (Phi) is 3.68. The maximum absolute atomic E-state index is 12.6. The lowest BCUT2D eigenvalue weighted by Crippen LogP contribution is -2.10. The molecule has 0 bridgehead atoms. The van der Waals surface area contributed by atoms with Crippen molar-refractivity contribution in [3.8, 4) is 22.8 Å². The number of hydrogen-bond acceptors (Lipinski definition) is 2. The molecule has 3 aromatic rings. The van der Waals surface area contributed by atoms with Gasteiger partial charge in [0.15, 0.2) is 0 Å². The van der Waals surface area contributed by atoms with Crippen LogP contribution in [0.1, 0.15) is 26.4 Å². The van der Waals surface area contributed by atoms with E-state index in [9.17, 15) is 4.79 Å². The summed E-state index contributed by atoms with van der Waals surface area (Å²) >= 11 is 1.56. The molecule has 2 aromatic carbocycles. The van der Waals surface area contributed by atoms with Crippen LogP contribution in [0.25, 0.3) is 10.4 Å². The highest BCUT2D eigenvalue weighted by Gasteiger charge is 2.21. The van der Waals surface area contributed by atoms with Gasteiger partial charge >= 0.3 is 0 Å². The molecule has 3 heteroatoms. The van der Waals surface area contributed by atoms with Crippen molar-refractivity contribution in [3.63, 3.8) is 0 Å². The SMILES string of the molecule is C#Cc1cccc(NC(=O)c2cc3c(s2)-c2ccccc2CC3)c1. The monoisotopic (exact) mass is 329 g/mol. The van der Waals surface area contributed by atoms with Gasteiger partial charge in [-0.2, -0.15) is 0 Å². The summed E-state index contributed by atoms with van der Waals surface area (Å²) in [4.78, 5) is 14.6. The Hall–Kier alpha value is -2.83. The molecule has 1 N–H and O–H groups in total. The summed E-state index contributed by atoms with van der Waals surface area (Å²) < 4.78 is 0. The third kappa shape index (κ3) is 2.62. The second-order valence-corrected chi connectivity index (χ2v) is 6.85. The van der Waals surface area contributed by atoms with E-state index in [1.165, 1.54) is 21.6 Å². The van der Waals surface area contributed by atoms with Gasteiger partial charge in [0.25, 0.3) is 5.91 Å². The standard InChI is InChI=1S/C21H15NOS/c1-2-14-6-5-8-17(12-14)22-21(23)19-13-16-11-10-15-7-3-4-9-18(15)20(16)24-19/h1,3-9,12-13H,10-11H2,(H,22,23). The molecule has 4 rings (SSSR count). The van der Waals surface area contributed by atoms with Crippen molar-refractivity contribution in [2.75, 3.05) is 5.32 Å². The fourth-order valence-electron chi connectivity index (χ4n) is 3.06. The molecular formula is C21H15NOS.